The van der Waals surface area contributed by atoms with E-state index >= 15 is 0 Å². The summed E-state index contributed by atoms with van der Waals surface area (Å²) < 4.78 is 2.99. The first-order valence-electron chi connectivity index (χ1n) is 3.96. The van der Waals surface area contributed by atoms with Gasteiger partial charge in [0.2, 0.25) is 0 Å². The summed E-state index contributed by atoms with van der Waals surface area (Å²) in [4.78, 5) is 0. The van der Waals surface area contributed by atoms with Gasteiger partial charge in [-0.3, -0.25) is 0 Å². The first-order valence-corrected chi connectivity index (χ1v) is 4.75. The Bertz CT molecular complexity index is 407. The molecule has 3 heteroatoms. The van der Waals surface area contributed by atoms with E-state index in [9.17, 15) is 0 Å². The fraction of sp³-hybridized carbons (Fsp3) is 0. The van der Waals surface area contributed by atoms with E-state index in [2.05, 4.69) is 15.9 Å². The molecule has 0 saturated heterocycles. The van der Waals surface area contributed by atoms with Crippen molar-refractivity contribution in [1.29, 1.82) is 0 Å². The Morgan fingerprint density at radius 3 is 2.46 bits per heavy atom. The van der Waals surface area contributed by atoms with E-state index in [0.717, 1.165) is 15.8 Å². The maximum atomic E-state index is 5.86. The zero-order valence-corrected chi connectivity index (χ0v) is 8.53. The van der Waals surface area contributed by atoms with Crippen molar-refractivity contribution in [1.82, 2.24) is 4.57 Å². The van der Waals surface area contributed by atoms with Crippen LogP contribution in [0.2, 0.25) is 0 Å². The molecule has 0 radical (unpaired) electrons. The van der Waals surface area contributed by atoms with Crippen LogP contribution in [-0.4, -0.2) is 4.57 Å². The maximum Gasteiger partial charge on any atom is 0.0681 e. The lowest BCUT2D eigenvalue weighted by molar-refractivity contribution is 1.08. The molecule has 0 aliphatic rings. The van der Waals surface area contributed by atoms with Gasteiger partial charge in [0.1, 0.15) is 0 Å². The molecule has 0 aliphatic heterocycles. The quantitative estimate of drug-likeness (QED) is 0.759. The normalized spacial score (nSPS) is 10.2. The van der Waals surface area contributed by atoms with Gasteiger partial charge in [0.15, 0.2) is 0 Å². The van der Waals surface area contributed by atoms with Crippen LogP contribution in [0.25, 0.3) is 5.69 Å². The van der Waals surface area contributed by atoms with Gasteiger partial charge in [-0.25, -0.2) is 0 Å². The molecule has 66 valence electrons. The fourth-order valence-corrected chi connectivity index (χ4v) is 1.63. The first kappa shape index (κ1) is 8.38. The molecule has 2 N–H and O–H groups in total. The van der Waals surface area contributed by atoms with E-state index in [1.54, 1.807) is 0 Å². The number of halogens is 1. The van der Waals surface area contributed by atoms with Crippen LogP contribution in [0, 0.1) is 0 Å². The molecule has 1 heterocycles. The number of nitrogens with zero attached hydrogens (tertiary/aromatic N) is 1. The summed E-state index contributed by atoms with van der Waals surface area (Å²) >= 11 is 3.37. The summed E-state index contributed by atoms with van der Waals surface area (Å²) in [6, 6.07) is 9.81. The highest BCUT2D eigenvalue weighted by atomic mass is 79.9. The molecule has 13 heavy (non-hydrogen) atoms. The summed E-state index contributed by atoms with van der Waals surface area (Å²) in [6.45, 7) is 0. The standard InChI is InChI=1S/C10H9BrN2/c11-8-3-4-10(9(12)7-8)13-5-1-2-6-13/h1-7H,12H2. The molecule has 1 aromatic carbocycles. The molecule has 2 rings (SSSR count). The molecule has 0 saturated carbocycles. The fourth-order valence-electron chi connectivity index (χ4n) is 1.26. The molecule has 0 fully saturated rings. The summed E-state index contributed by atoms with van der Waals surface area (Å²) in [5, 5.41) is 0. The Morgan fingerprint density at radius 2 is 1.85 bits per heavy atom. The molecular formula is C10H9BrN2. The Morgan fingerprint density at radius 1 is 1.15 bits per heavy atom. The lowest BCUT2D eigenvalue weighted by Crippen LogP contribution is -1.96. The summed E-state index contributed by atoms with van der Waals surface area (Å²) in [7, 11) is 0. The Kier molecular flexibility index (Phi) is 2.10. The average Bonchev–Trinajstić information content (AvgIpc) is 2.56. The van der Waals surface area contributed by atoms with E-state index in [0.29, 0.717) is 0 Å². The number of anilines is 1. The number of hydrogen-bond donors (Lipinski definition) is 1. The molecule has 2 nitrogen and oxygen atoms in total. The predicted octanol–water partition coefficient (Wildman–Crippen LogP) is 2.82. The minimum absolute atomic E-state index is 0.769. The van der Waals surface area contributed by atoms with Crippen LogP contribution >= 0.6 is 15.9 Å². The highest BCUT2D eigenvalue weighted by molar-refractivity contribution is 9.10. The van der Waals surface area contributed by atoms with Crippen molar-refractivity contribution in [3.05, 3.63) is 47.2 Å². The number of nitrogen functional groups attached to an aromatic ring is 1. The van der Waals surface area contributed by atoms with Crippen LogP contribution in [0.3, 0.4) is 0 Å². The topological polar surface area (TPSA) is 30.9 Å². The van der Waals surface area contributed by atoms with Crippen molar-refractivity contribution in [2.24, 2.45) is 0 Å². The number of benzene rings is 1. The third kappa shape index (κ3) is 1.60. The zero-order chi connectivity index (χ0) is 9.26. The molecule has 1 aromatic heterocycles. The summed E-state index contributed by atoms with van der Waals surface area (Å²) in [5.41, 5.74) is 7.64. The molecular weight excluding hydrogens is 228 g/mol. The van der Waals surface area contributed by atoms with Crippen molar-refractivity contribution < 1.29 is 0 Å². The van der Waals surface area contributed by atoms with Crippen LogP contribution in [0.1, 0.15) is 0 Å². The highest BCUT2D eigenvalue weighted by Crippen LogP contribution is 2.21. The molecule has 0 atom stereocenters. The SMILES string of the molecule is Nc1cc(Br)ccc1-n1cccc1. The van der Waals surface area contributed by atoms with Gasteiger partial charge in [-0.1, -0.05) is 15.9 Å². The molecule has 0 aliphatic carbocycles. The first-order chi connectivity index (χ1) is 6.27. The number of aromatic nitrogens is 1. The average molecular weight is 237 g/mol. The second kappa shape index (κ2) is 3.26. The largest absolute Gasteiger partial charge is 0.397 e. The third-order valence-electron chi connectivity index (χ3n) is 1.87. The van der Waals surface area contributed by atoms with Gasteiger partial charge in [0, 0.05) is 16.9 Å². The summed E-state index contributed by atoms with van der Waals surface area (Å²) in [6.07, 6.45) is 3.94. The van der Waals surface area contributed by atoms with Crippen molar-refractivity contribution >= 4 is 21.6 Å². The number of rotatable bonds is 1. The highest BCUT2D eigenvalue weighted by Gasteiger charge is 1.99. The van der Waals surface area contributed by atoms with Crippen molar-refractivity contribution in [2.45, 2.75) is 0 Å². The molecule has 0 amide bonds. The molecule has 0 unspecified atom stereocenters. The Balaban J connectivity index is 2.53. The van der Waals surface area contributed by atoms with Crippen LogP contribution in [-0.2, 0) is 0 Å². The zero-order valence-electron chi connectivity index (χ0n) is 6.94. The van der Waals surface area contributed by atoms with E-state index in [1.165, 1.54) is 0 Å². The lowest BCUT2D eigenvalue weighted by Gasteiger charge is -2.06. The van der Waals surface area contributed by atoms with Crippen LogP contribution in [0.15, 0.2) is 47.2 Å². The Hall–Kier alpha value is -1.22. The van der Waals surface area contributed by atoms with Gasteiger partial charge < -0.3 is 10.3 Å². The third-order valence-corrected chi connectivity index (χ3v) is 2.37. The molecule has 0 bridgehead atoms. The number of hydrogen-bond acceptors (Lipinski definition) is 1. The van der Waals surface area contributed by atoms with Gasteiger partial charge in [-0.2, -0.15) is 0 Å². The van der Waals surface area contributed by atoms with Crippen LogP contribution in [0.5, 0.6) is 0 Å². The smallest absolute Gasteiger partial charge is 0.0681 e. The maximum absolute atomic E-state index is 5.86. The second-order valence-corrected chi connectivity index (χ2v) is 3.71. The number of nitrogens with two attached hydrogens (primary N) is 1. The lowest BCUT2D eigenvalue weighted by atomic mass is 10.3. The van der Waals surface area contributed by atoms with Crippen LogP contribution < -0.4 is 5.73 Å². The Labute approximate surface area is 85.1 Å². The van der Waals surface area contributed by atoms with Gasteiger partial charge >= 0.3 is 0 Å². The van der Waals surface area contributed by atoms with Crippen LogP contribution in [0.4, 0.5) is 5.69 Å². The van der Waals surface area contributed by atoms with E-state index in [4.69, 9.17) is 5.73 Å². The van der Waals surface area contributed by atoms with E-state index < -0.39 is 0 Å². The van der Waals surface area contributed by atoms with Gasteiger partial charge in [0.25, 0.3) is 0 Å². The van der Waals surface area contributed by atoms with Crippen molar-refractivity contribution in [3.8, 4) is 5.69 Å². The van der Waals surface area contributed by atoms with Crippen molar-refractivity contribution in [2.75, 3.05) is 5.73 Å². The van der Waals surface area contributed by atoms with Gasteiger partial charge in [-0.15, -0.1) is 0 Å². The van der Waals surface area contributed by atoms with Crippen molar-refractivity contribution in [3.63, 3.8) is 0 Å². The monoisotopic (exact) mass is 236 g/mol. The minimum atomic E-state index is 0.769. The molecule has 0 spiro atoms. The predicted molar refractivity (Wildman–Crippen MR) is 57.9 cm³/mol. The minimum Gasteiger partial charge on any atom is -0.397 e. The van der Waals surface area contributed by atoms with E-state index in [1.807, 2.05) is 47.3 Å². The summed E-state index contributed by atoms with van der Waals surface area (Å²) in [5.74, 6) is 0. The van der Waals surface area contributed by atoms with E-state index in [-0.39, 0.29) is 0 Å². The van der Waals surface area contributed by atoms with Gasteiger partial charge in [0.05, 0.1) is 11.4 Å². The molecule has 2 aromatic rings. The second-order valence-electron chi connectivity index (χ2n) is 2.79. The van der Waals surface area contributed by atoms with Gasteiger partial charge in [-0.05, 0) is 30.3 Å².